The van der Waals surface area contributed by atoms with Crippen LogP contribution >= 0.6 is 11.8 Å². The molecule has 1 fully saturated rings. The molecule has 0 unspecified atom stereocenters. The predicted molar refractivity (Wildman–Crippen MR) is 113 cm³/mol. The first-order valence-corrected chi connectivity index (χ1v) is 10.4. The summed E-state index contributed by atoms with van der Waals surface area (Å²) in [5, 5.41) is 9.70. The van der Waals surface area contributed by atoms with Gasteiger partial charge in [-0.15, -0.1) is 6.58 Å². The van der Waals surface area contributed by atoms with Crippen LogP contribution in [0.2, 0.25) is 0 Å². The van der Waals surface area contributed by atoms with Crippen LogP contribution in [0, 0.1) is 6.61 Å². The van der Waals surface area contributed by atoms with E-state index in [0.717, 1.165) is 4.90 Å². The number of thioether (sulfide) groups is 1. The van der Waals surface area contributed by atoms with Crippen molar-refractivity contribution in [2.75, 3.05) is 6.61 Å². The molecule has 0 amide bonds. The van der Waals surface area contributed by atoms with Crippen LogP contribution in [0.15, 0.2) is 78.2 Å². The number of rotatable bonds is 10. The van der Waals surface area contributed by atoms with Crippen molar-refractivity contribution in [1.29, 1.82) is 0 Å². The molecule has 1 aliphatic rings. The molecule has 8 heteroatoms. The minimum Gasteiger partial charge on any atom is -0.458 e. The van der Waals surface area contributed by atoms with Gasteiger partial charge in [-0.3, -0.25) is 4.79 Å². The van der Waals surface area contributed by atoms with Crippen molar-refractivity contribution in [1.82, 2.24) is 0 Å². The molecule has 7 nitrogen and oxygen atoms in total. The third-order valence-electron chi connectivity index (χ3n) is 4.49. The van der Waals surface area contributed by atoms with Crippen LogP contribution in [0.1, 0.15) is 10.4 Å². The normalized spacial score (nSPS) is 25.4. The lowest BCUT2D eigenvalue weighted by Gasteiger charge is -2.43. The first-order chi connectivity index (χ1) is 15.2. The molecule has 3 rings (SSSR count). The van der Waals surface area contributed by atoms with Crippen LogP contribution in [-0.2, 0) is 23.7 Å². The summed E-state index contributed by atoms with van der Waals surface area (Å²) in [6.07, 6.45) is -2.66. The maximum atomic E-state index is 12.6. The molecule has 2 radical (unpaired) electrons. The topological polar surface area (TPSA) is 91.3 Å². The number of carbonyl (C=O) groups is 2. The Morgan fingerprint density at radius 3 is 2.39 bits per heavy atom. The van der Waals surface area contributed by atoms with Gasteiger partial charge in [0.1, 0.15) is 17.6 Å². The van der Waals surface area contributed by atoms with Crippen molar-refractivity contribution >= 4 is 24.2 Å². The fraction of sp³-hybridized carbons (Fsp3) is 0.261. The molecule has 0 spiro atoms. The summed E-state index contributed by atoms with van der Waals surface area (Å²) in [6.45, 7) is 6.05. The molecular weight excluding hydrogens is 420 g/mol. The molecule has 2 aromatic carbocycles. The minimum absolute atomic E-state index is 0.148. The maximum Gasteiger partial charge on any atom is 0.338 e. The van der Waals surface area contributed by atoms with E-state index < -0.39 is 35.8 Å². The lowest BCUT2D eigenvalue weighted by atomic mass is 9.99. The third-order valence-corrected chi connectivity index (χ3v) is 5.65. The number of hydrogen-bond donors (Lipinski definition) is 1. The summed E-state index contributed by atoms with van der Waals surface area (Å²) in [5.41, 5.74) is -0.392. The van der Waals surface area contributed by atoms with Crippen LogP contribution in [-0.4, -0.2) is 54.0 Å². The predicted octanol–water partition coefficient (Wildman–Crippen LogP) is 3.25. The average Bonchev–Trinajstić information content (AvgIpc) is 2.81. The van der Waals surface area contributed by atoms with Gasteiger partial charge in [-0.05, 0) is 24.3 Å². The van der Waals surface area contributed by atoms with Crippen molar-refractivity contribution in [3.63, 3.8) is 0 Å². The summed E-state index contributed by atoms with van der Waals surface area (Å²) in [4.78, 5) is 24.8. The zero-order valence-corrected chi connectivity index (χ0v) is 17.4. The Bertz CT molecular complexity index is 846. The zero-order chi connectivity index (χ0) is 22.1. The van der Waals surface area contributed by atoms with Gasteiger partial charge in [0, 0.05) is 4.90 Å². The van der Waals surface area contributed by atoms with Crippen molar-refractivity contribution in [2.45, 2.75) is 34.7 Å². The fourth-order valence-corrected chi connectivity index (χ4v) is 4.24. The van der Waals surface area contributed by atoms with E-state index in [1.807, 2.05) is 36.9 Å². The van der Waals surface area contributed by atoms with Gasteiger partial charge < -0.3 is 24.1 Å². The zero-order valence-electron chi connectivity index (χ0n) is 16.5. The van der Waals surface area contributed by atoms with Crippen LogP contribution in [0.4, 0.5) is 0 Å². The second kappa shape index (κ2) is 11.7. The molecular formula is C23H22O7S. The van der Waals surface area contributed by atoms with Gasteiger partial charge in [-0.25, -0.2) is 4.79 Å². The SMILES string of the molecule is C=CCO[C@@H]1[C@@H](OC=O)[C@H](OC(=O)c2ccccc2)[C@@H]([C]O)O[C@@H]1Sc1ccccc1. The average molecular weight is 442 g/mol. The van der Waals surface area contributed by atoms with Gasteiger partial charge in [-0.2, -0.15) is 0 Å². The molecule has 31 heavy (non-hydrogen) atoms. The van der Waals surface area contributed by atoms with E-state index in [4.69, 9.17) is 18.9 Å². The molecule has 0 aliphatic carbocycles. The number of ether oxygens (including phenoxy) is 4. The smallest absolute Gasteiger partial charge is 0.338 e. The highest BCUT2D eigenvalue weighted by Crippen LogP contribution is 2.37. The van der Waals surface area contributed by atoms with E-state index in [0.29, 0.717) is 5.56 Å². The summed E-state index contributed by atoms with van der Waals surface area (Å²) in [5.74, 6) is -0.661. The molecule has 1 heterocycles. The van der Waals surface area contributed by atoms with Crippen LogP contribution in [0.25, 0.3) is 0 Å². The number of carbonyl (C=O) groups excluding carboxylic acids is 2. The number of aliphatic hydroxyl groups is 1. The molecule has 1 saturated heterocycles. The number of aliphatic hydroxyl groups excluding tert-OH is 1. The maximum absolute atomic E-state index is 12.6. The van der Waals surface area contributed by atoms with E-state index in [-0.39, 0.29) is 13.1 Å². The lowest BCUT2D eigenvalue weighted by molar-refractivity contribution is -0.216. The summed E-state index contributed by atoms with van der Waals surface area (Å²) < 4.78 is 22.6. The van der Waals surface area contributed by atoms with Gasteiger partial charge in [0.2, 0.25) is 0 Å². The van der Waals surface area contributed by atoms with E-state index in [1.165, 1.54) is 11.8 Å². The molecule has 0 saturated carbocycles. The Labute approximate surface area is 185 Å². The van der Waals surface area contributed by atoms with E-state index in [9.17, 15) is 14.7 Å². The van der Waals surface area contributed by atoms with Gasteiger partial charge in [0.05, 0.1) is 12.2 Å². The molecule has 1 aliphatic heterocycles. The lowest BCUT2D eigenvalue weighted by Crippen LogP contribution is -2.59. The molecule has 0 aromatic heterocycles. The van der Waals surface area contributed by atoms with Crippen molar-refractivity contribution in [2.24, 2.45) is 0 Å². The second-order valence-electron chi connectivity index (χ2n) is 6.50. The van der Waals surface area contributed by atoms with Crippen LogP contribution < -0.4 is 0 Å². The molecule has 2 aromatic rings. The quantitative estimate of drug-likeness (QED) is 0.341. The van der Waals surface area contributed by atoms with Crippen molar-refractivity contribution in [3.05, 3.63) is 85.5 Å². The molecule has 162 valence electrons. The summed E-state index contributed by atoms with van der Waals surface area (Å²) >= 11 is 1.32. The Morgan fingerprint density at radius 1 is 1.10 bits per heavy atom. The highest BCUT2D eigenvalue weighted by molar-refractivity contribution is 7.99. The summed E-state index contributed by atoms with van der Waals surface area (Å²) in [7, 11) is 0. The van der Waals surface area contributed by atoms with Crippen molar-refractivity contribution in [3.8, 4) is 0 Å². The Morgan fingerprint density at radius 2 is 1.77 bits per heavy atom. The number of hydrogen-bond acceptors (Lipinski definition) is 8. The van der Waals surface area contributed by atoms with Gasteiger partial charge >= 0.3 is 5.97 Å². The summed E-state index contributed by atoms with van der Waals surface area (Å²) in [6, 6.07) is 17.7. The van der Waals surface area contributed by atoms with Gasteiger partial charge in [0.15, 0.2) is 18.8 Å². The first kappa shape index (κ1) is 23.0. The monoisotopic (exact) mass is 442 g/mol. The standard InChI is InChI=1S/C23H22O7S/c1-2-13-27-21-20(28-15-25)19(30-22(26)16-9-5-3-6-10-16)18(14-24)29-23(21)31-17-11-7-4-8-12-17/h2-12,15,18-21,23-24H,1,13H2/t18-,19-,20+,21-,23-/m1/s1. The largest absolute Gasteiger partial charge is 0.458 e. The highest BCUT2D eigenvalue weighted by atomic mass is 32.2. The minimum atomic E-state index is -1.18. The molecule has 5 atom stereocenters. The van der Waals surface area contributed by atoms with E-state index in [2.05, 4.69) is 6.58 Å². The number of benzene rings is 2. The fourth-order valence-electron chi connectivity index (χ4n) is 3.11. The van der Waals surface area contributed by atoms with Crippen molar-refractivity contribution < 1.29 is 33.6 Å². The van der Waals surface area contributed by atoms with E-state index >= 15 is 0 Å². The third kappa shape index (κ3) is 5.95. The molecule has 1 N–H and O–H groups in total. The Hall–Kier alpha value is -2.65. The number of esters is 1. The van der Waals surface area contributed by atoms with Crippen LogP contribution in [0.5, 0.6) is 0 Å². The first-order valence-electron chi connectivity index (χ1n) is 9.52. The Balaban J connectivity index is 1.88. The molecule has 0 bridgehead atoms. The van der Waals surface area contributed by atoms with E-state index in [1.54, 1.807) is 36.4 Å². The highest BCUT2D eigenvalue weighted by Gasteiger charge is 2.51. The Kier molecular flexibility index (Phi) is 8.66. The van der Waals surface area contributed by atoms with Gasteiger partial charge in [-0.1, -0.05) is 54.2 Å². The van der Waals surface area contributed by atoms with Crippen LogP contribution in [0.3, 0.4) is 0 Å². The van der Waals surface area contributed by atoms with Gasteiger partial charge in [0.25, 0.3) is 6.47 Å². The second-order valence-corrected chi connectivity index (χ2v) is 7.68.